The van der Waals surface area contributed by atoms with Gasteiger partial charge in [-0.1, -0.05) is 0 Å². The first-order chi connectivity index (χ1) is 7.24. The number of nitrogens with zero attached hydrogens (tertiary/aromatic N) is 1. The average Bonchev–Trinajstić information content (AvgIpc) is 2.27. The van der Waals surface area contributed by atoms with Crippen molar-refractivity contribution >= 4 is 5.91 Å². The number of methoxy groups -OCH3 is 1. The van der Waals surface area contributed by atoms with Crippen LogP contribution in [0.25, 0.3) is 0 Å². The summed E-state index contributed by atoms with van der Waals surface area (Å²) in [7, 11) is 1.51. The number of hydrogen-bond donors (Lipinski definition) is 2. The zero-order valence-corrected chi connectivity index (χ0v) is 8.64. The molecule has 1 unspecified atom stereocenters. The van der Waals surface area contributed by atoms with Crippen molar-refractivity contribution in [3.8, 4) is 0 Å². The molecule has 15 heavy (non-hydrogen) atoms. The molecular formula is C10H15N3O2. The third-order valence-corrected chi connectivity index (χ3v) is 1.90. The van der Waals surface area contributed by atoms with Gasteiger partial charge < -0.3 is 15.8 Å². The van der Waals surface area contributed by atoms with Gasteiger partial charge in [0.15, 0.2) is 0 Å². The van der Waals surface area contributed by atoms with Crippen LogP contribution in [0.3, 0.4) is 0 Å². The molecule has 0 spiro atoms. The molecule has 0 radical (unpaired) electrons. The Morgan fingerprint density at radius 1 is 1.60 bits per heavy atom. The van der Waals surface area contributed by atoms with E-state index in [-0.39, 0.29) is 12.5 Å². The molecule has 0 aliphatic rings. The molecule has 0 aliphatic carbocycles. The lowest BCUT2D eigenvalue weighted by molar-refractivity contribution is -0.123. The van der Waals surface area contributed by atoms with E-state index in [9.17, 15) is 4.79 Å². The number of carbonyl (C=O) groups is 1. The fourth-order valence-electron chi connectivity index (χ4n) is 1.08. The molecule has 3 N–H and O–H groups in total. The highest BCUT2D eigenvalue weighted by Crippen LogP contribution is 1.95. The minimum absolute atomic E-state index is 0.214. The number of hydrogen-bond acceptors (Lipinski definition) is 4. The second-order valence-electron chi connectivity index (χ2n) is 3.14. The van der Waals surface area contributed by atoms with Crippen LogP contribution >= 0.6 is 0 Å². The first-order valence-electron chi connectivity index (χ1n) is 4.65. The smallest absolute Gasteiger partial charge is 0.239 e. The van der Waals surface area contributed by atoms with E-state index in [1.54, 1.807) is 12.4 Å². The van der Waals surface area contributed by atoms with E-state index in [0.717, 1.165) is 5.56 Å². The maximum atomic E-state index is 11.4. The van der Waals surface area contributed by atoms with Gasteiger partial charge in [0, 0.05) is 26.0 Å². The lowest BCUT2D eigenvalue weighted by Gasteiger charge is -2.10. The Balaban J connectivity index is 2.34. The highest BCUT2D eigenvalue weighted by Gasteiger charge is 2.11. The fourth-order valence-corrected chi connectivity index (χ4v) is 1.08. The van der Waals surface area contributed by atoms with E-state index in [1.165, 1.54) is 7.11 Å². The zero-order chi connectivity index (χ0) is 11.1. The molecule has 1 atom stereocenters. The van der Waals surface area contributed by atoms with E-state index in [2.05, 4.69) is 10.3 Å². The molecule has 0 aromatic carbocycles. The van der Waals surface area contributed by atoms with Crippen LogP contribution in [0.1, 0.15) is 5.56 Å². The lowest BCUT2D eigenvalue weighted by Crippen LogP contribution is -2.43. The molecule has 0 aliphatic heterocycles. The summed E-state index contributed by atoms with van der Waals surface area (Å²) in [6.07, 6.45) is 3.35. The predicted molar refractivity (Wildman–Crippen MR) is 55.9 cm³/mol. The van der Waals surface area contributed by atoms with Gasteiger partial charge in [-0.15, -0.1) is 0 Å². The van der Waals surface area contributed by atoms with E-state index in [1.807, 2.05) is 12.1 Å². The predicted octanol–water partition coefficient (Wildman–Crippen LogP) is -0.328. The molecule has 1 amide bonds. The van der Waals surface area contributed by atoms with Crippen molar-refractivity contribution in [1.29, 1.82) is 0 Å². The Morgan fingerprint density at radius 2 is 2.27 bits per heavy atom. The monoisotopic (exact) mass is 209 g/mol. The molecule has 82 valence electrons. The summed E-state index contributed by atoms with van der Waals surface area (Å²) in [6.45, 7) is 0.681. The van der Waals surface area contributed by atoms with Gasteiger partial charge in [-0.2, -0.15) is 0 Å². The molecule has 0 bridgehead atoms. The second kappa shape index (κ2) is 6.10. The first kappa shape index (κ1) is 11.6. The fraction of sp³-hybridized carbons (Fsp3) is 0.400. The Labute approximate surface area is 88.6 Å². The molecule has 1 rings (SSSR count). The number of amides is 1. The van der Waals surface area contributed by atoms with Crippen LogP contribution < -0.4 is 11.1 Å². The van der Waals surface area contributed by atoms with Crippen molar-refractivity contribution in [1.82, 2.24) is 10.3 Å². The third kappa shape index (κ3) is 4.05. The zero-order valence-electron chi connectivity index (χ0n) is 8.64. The topological polar surface area (TPSA) is 77.2 Å². The highest BCUT2D eigenvalue weighted by atomic mass is 16.5. The van der Waals surface area contributed by atoms with Crippen molar-refractivity contribution in [3.63, 3.8) is 0 Å². The summed E-state index contributed by atoms with van der Waals surface area (Å²) >= 11 is 0. The molecule has 5 nitrogen and oxygen atoms in total. The number of nitrogens with one attached hydrogen (secondary N) is 1. The standard InChI is InChI=1S/C10H15N3O2/c1-15-7-9(11)10(14)13-6-8-2-4-12-5-3-8/h2-5,9H,6-7,11H2,1H3,(H,13,14). The largest absolute Gasteiger partial charge is 0.383 e. The van der Waals surface area contributed by atoms with E-state index >= 15 is 0 Å². The summed E-state index contributed by atoms with van der Waals surface area (Å²) in [5, 5.41) is 2.71. The Hall–Kier alpha value is -1.46. The molecule has 0 saturated heterocycles. The minimum Gasteiger partial charge on any atom is -0.383 e. The van der Waals surface area contributed by atoms with Crippen molar-refractivity contribution in [2.45, 2.75) is 12.6 Å². The van der Waals surface area contributed by atoms with Crippen molar-refractivity contribution < 1.29 is 9.53 Å². The Morgan fingerprint density at radius 3 is 2.87 bits per heavy atom. The van der Waals surface area contributed by atoms with Crippen molar-refractivity contribution in [2.24, 2.45) is 5.73 Å². The van der Waals surface area contributed by atoms with Gasteiger partial charge in [-0.3, -0.25) is 9.78 Å². The van der Waals surface area contributed by atoms with Crippen LogP contribution in [0, 0.1) is 0 Å². The molecule has 0 fully saturated rings. The first-order valence-corrected chi connectivity index (χ1v) is 4.65. The Bertz CT molecular complexity index is 303. The summed E-state index contributed by atoms with van der Waals surface area (Å²) in [5.74, 6) is -0.214. The number of pyridine rings is 1. The van der Waals surface area contributed by atoms with Crippen LogP contribution in [0.2, 0.25) is 0 Å². The highest BCUT2D eigenvalue weighted by molar-refractivity contribution is 5.81. The van der Waals surface area contributed by atoms with Crippen LogP contribution in [0.5, 0.6) is 0 Å². The van der Waals surface area contributed by atoms with Gasteiger partial charge in [0.2, 0.25) is 5.91 Å². The van der Waals surface area contributed by atoms with Crippen molar-refractivity contribution in [2.75, 3.05) is 13.7 Å². The maximum absolute atomic E-state index is 11.4. The van der Waals surface area contributed by atoms with Gasteiger partial charge >= 0.3 is 0 Å². The summed E-state index contributed by atoms with van der Waals surface area (Å²) in [4.78, 5) is 15.3. The number of nitrogens with two attached hydrogens (primary N) is 1. The number of ether oxygens (including phenoxy) is 1. The lowest BCUT2D eigenvalue weighted by atomic mass is 10.2. The van der Waals surface area contributed by atoms with Crippen molar-refractivity contribution in [3.05, 3.63) is 30.1 Å². The minimum atomic E-state index is -0.614. The number of rotatable bonds is 5. The number of carbonyl (C=O) groups excluding carboxylic acids is 1. The van der Waals surface area contributed by atoms with Crippen LogP contribution in [0.4, 0.5) is 0 Å². The molecule has 1 aromatic heterocycles. The van der Waals surface area contributed by atoms with Gasteiger partial charge in [0.05, 0.1) is 6.61 Å². The van der Waals surface area contributed by atoms with E-state index in [4.69, 9.17) is 10.5 Å². The summed E-state index contributed by atoms with van der Waals surface area (Å²) in [5.41, 5.74) is 6.53. The molecule has 1 heterocycles. The summed E-state index contributed by atoms with van der Waals surface area (Å²) < 4.78 is 4.78. The van der Waals surface area contributed by atoms with Gasteiger partial charge in [0.1, 0.15) is 6.04 Å². The third-order valence-electron chi connectivity index (χ3n) is 1.90. The quantitative estimate of drug-likeness (QED) is 0.696. The SMILES string of the molecule is COCC(N)C(=O)NCc1ccncc1. The Kier molecular flexibility index (Phi) is 4.73. The number of aromatic nitrogens is 1. The van der Waals surface area contributed by atoms with Gasteiger partial charge in [-0.25, -0.2) is 0 Å². The second-order valence-corrected chi connectivity index (χ2v) is 3.14. The normalized spacial score (nSPS) is 12.1. The maximum Gasteiger partial charge on any atom is 0.239 e. The van der Waals surface area contributed by atoms with Crippen LogP contribution in [0.15, 0.2) is 24.5 Å². The van der Waals surface area contributed by atoms with E-state index in [0.29, 0.717) is 6.54 Å². The van der Waals surface area contributed by atoms with Crippen LogP contribution in [-0.4, -0.2) is 30.6 Å². The molecule has 5 heteroatoms. The molecular weight excluding hydrogens is 194 g/mol. The van der Waals surface area contributed by atoms with Gasteiger partial charge in [0.25, 0.3) is 0 Å². The average molecular weight is 209 g/mol. The van der Waals surface area contributed by atoms with E-state index < -0.39 is 6.04 Å². The van der Waals surface area contributed by atoms with Crippen LogP contribution in [-0.2, 0) is 16.1 Å². The molecule has 1 aromatic rings. The van der Waals surface area contributed by atoms with Gasteiger partial charge in [-0.05, 0) is 17.7 Å². The summed E-state index contributed by atoms with van der Waals surface area (Å²) in [6, 6.07) is 3.06. The molecule has 0 saturated carbocycles.